The van der Waals surface area contributed by atoms with E-state index >= 15 is 0 Å². The van der Waals surface area contributed by atoms with Gasteiger partial charge in [0.25, 0.3) is 5.91 Å². The maximum atomic E-state index is 12.4. The number of hydrogen-bond donors (Lipinski definition) is 1. The Morgan fingerprint density at radius 1 is 0.962 bits per heavy atom. The highest BCUT2D eigenvalue weighted by molar-refractivity contribution is 6.07. The summed E-state index contributed by atoms with van der Waals surface area (Å²) < 4.78 is 9.94. The van der Waals surface area contributed by atoms with Crippen molar-refractivity contribution < 1.29 is 23.9 Å². The Morgan fingerprint density at radius 3 is 2.15 bits per heavy atom. The fourth-order valence-corrected chi connectivity index (χ4v) is 2.06. The van der Waals surface area contributed by atoms with Crippen molar-refractivity contribution in [3.63, 3.8) is 0 Å². The Balaban J connectivity index is 2.19. The zero-order chi connectivity index (χ0) is 19.3. The van der Waals surface area contributed by atoms with Gasteiger partial charge in [0, 0.05) is 11.8 Å². The first kappa shape index (κ1) is 19.1. The molecule has 0 fully saturated rings. The van der Waals surface area contributed by atoms with E-state index in [1.165, 1.54) is 43.6 Å². The fourth-order valence-electron chi connectivity index (χ4n) is 2.06. The first-order chi connectivity index (χ1) is 12.2. The highest BCUT2D eigenvalue weighted by atomic mass is 16.6. The average molecular weight is 356 g/mol. The van der Waals surface area contributed by atoms with E-state index in [2.05, 4.69) is 15.0 Å². The molecule has 1 heterocycles. The number of carbonyl (C=O) groups is 3. The highest BCUT2D eigenvalue weighted by Crippen LogP contribution is 2.18. The molecular formula is C19H20N2O5. The Bertz CT molecular complexity index is 823. The van der Waals surface area contributed by atoms with E-state index < -0.39 is 23.4 Å². The van der Waals surface area contributed by atoms with E-state index in [0.717, 1.165) is 0 Å². The molecule has 7 nitrogen and oxygen atoms in total. The van der Waals surface area contributed by atoms with E-state index in [0.29, 0.717) is 11.1 Å². The van der Waals surface area contributed by atoms with Crippen LogP contribution in [0.5, 0.6) is 0 Å². The normalized spacial score (nSPS) is 10.8. The third-order valence-electron chi connectivity index (χ3n) is 3.23. The molecule has 7 heteroatoms. The van der Waals surface area contributed by atoms with Crippen molar-refractivity contribution in [3.8, 4) is 0 Å². The van der Waals surface area contributed by atoms with Crippen molar-refractivity contribution in [2.24, 2.45) is 0 Å². The molecule has 0 saturated heterocycles. The number of amides is 1. The molecule has 0 bridgehead atoms. The third-order valence-corrected chi connectivity index (χ3v) is 3.23. The molecule has 0 atom stereocenters. The van der Waals surface area contributed by atoms with Crippen LogP contribution in [0.4, 0.5) is 5.82 Å². The van der Waals surface area contributed by atoms with Crippen LogP contribution in [-0.2, 0) is 9.47 Å². The molecule has 0 saturated carbocycles. The first-order valence-electron chi connectivity index (χ1n) is 7.89. The molecule has 1 aromatic heterocycles. The van der Waals surface area contributed by atoms with Gasteiger partial charge in [-0.25, -0.2) is 14.6 Å². The quantitative estimate of drug-likeness (QED) is 0.846. The van der Waals surface area contributed by atoms with E-state index in [1.807, 2.05) is 0 Å². The van der Waals surface area contributed by atoms with Crippen LogP contribution in [0.2, 0.25) is 0 Å². The zero-order valence-corrected chi connectivity index (χ0v) is 15.0. The third kappa shape index (κ3) is 4.89. The van der Waals surface area contributed by atoms with Gasteiger partial charge in [-0.1, -0.05) is 0 Å². The number of benzene rings is 1. The second-order valence-corrected chi connectivity index (χ2v) is 6.42. The summed E-state index contributed by atoms with van der Waals surface area (Å²) in [7, 11) is 1.28. The summed E-state index contributed by atoms with van der Waals surface area (Å²) in [5.74, 6) is -1.44. The lowest BCUT2D eigenvalue weighted by Crippen LogP contribution is -2.25. The van der Waals surface area contributed by atoms with Crippen LogP contribution in [0.15, 0.2) is 42.6 Å². The molecule has 2 aromatic rings. The predicted octanol–water partition coefficient (Wildman–Crippen LogP) is 3.08. The van der Waals surface area contributed by atoms with Gasteiger partial charge >= 0.3 is 11.9 Å². The van der Waals surface area contributed by atoms with Crippen LogP contribution in [0.3, 0.4) is 0 Å². The summed E-state index contributed by atoms with van der Waals surface area (Å²) >= 11 is 0. The molecular weight excluding hydrogens is 336 g/mol. The van der Waals surface area contributed by atoms with Crippen LogP contribution in [0.25, 0.3) is 0 Å². The number of nitrogens with one attached hydrogen (secondary N) is 1. The summed E-state index contributed by atoms with van der Waals surface area (Å²) in [4.78, 5) is 40.2. The number of rotatable bonds is 4. The van der Waals surface area contributed by atoms with Crippen molar-refractivity contribution in [3.05, 3.63) is 59.3 Å². The second kappa shape index (κ2) is 7.77. The average Bonchev–Trinajstić information content (AvgIpc) is 2.60. The van der Waals surface area contributed by atoms with Crippen LogP contribution in [0.1, 0.15) is 51.8 Å². The number of methoxy groups -OCH3 is 1. The molecule has 136 valence electrons. The number of carbonyl (C=O) groups excluding carboxylic acids is 3. The van der Waals surface area contributed by atoms with Crippen molar-refractivity contribution in [1.82, 2.24) is 4.98 Å². The molecule has 0 spiro atoms. The minimum atomic E-state index is -0.669. The molecule has 0 radical (unpaired) electrons. The molecule has 26 heavy (non-hydrogen) atoms. The van der Waals surface area contributed by atoms with Gasteiger partial charge in [-0.2, -0.15) is 0 Å². The van der Waals surface area contributed by atoms with Crippen molar-refractivity contribution >= 4 is 23.7 Å². The van der Waals surface area contributed by atoms with Gasteiger partial charge in [0.2, 0.25) is 0 Å². The summed E-state index contributed by atoms with van der Waals surface area (Å²) in [5.41, 5.74) is 0.120. The van der Waals surface area contributed by atoms with Gasteiger partial charge in [-0.05, 0) is 57.2 Å². The van der Waals surface area contributed by atoms with Gasteiger partial charge in [-0.3, -0.25) is 4.79 Å². The van der Waals surface area contributed by atoms with Crippen LogP contribution in [0, 0.1) is 0 Å². The molecule has 0 aliphatic heterocycles. The molecule has 1 N–H and O–H groups in total. The number of aromatic nitrogens is 1. The number of ether oxygens (including phenoxy) is 2. The SMILES string of the molecule is COC(=O)c1ccc(C(=O)Nc2ncccc2C(=O)OC(C)(C)C)cc1. The summed E-state index contributed by atoms with van der Waals surface area (Å²) in [5, 5.41) is 2.59. The Hall–Kier alpha value is -3.22. The van der Waals surface area contributed by atoms with Crippen LogP contribution in [-0.4, -0.2) is 35.5 Å². The smallest absolute Gasteiger partial charge is 0.342 e. The van der Waals surface area contributed by atoms with Crippen LogP contribution < -0.4 is 5.32 Å². The lowest BCUT2D eigenvalue weighted by atomic mass is 10.1. The van der Waals surface area contributed by atoms with E-state index in [1.54, 1.807) is 26.8 Å². The van der Waals surface area contributed by atoms with Crippen LogP contribution >= 0.6 is 0 Å². The minimum absolute atomic E-state index is 0.101. The van der Waals surface area contributed by atoms with Gasteiger partial charge in [-0.15, -0.1) is 0 Å². The van der Waals surface area contributed by atoms with Gasteiger partial charge < -0.3 is 14.8 Å². The molecule has 0 unspecified atom stereocenters. The number of pyridine rings is 1. The monoisotopic (exact) mass is 356 g/mol. The maximum Gasteiger partial charge on any atom is 0.342 e. The Kier molecular flexibility index (Phi) is 5.71. The lowest BCUT2D eigenvalue weighted by molar-refractivity contribution is 0.00702. The molecule has 1 aromatic carbocycles. The topological polar surface area (TPSA) is 94.6 Å². The summed E-state index contributed by atoms with van der Waals surface area (Å²) in [6, 6.07) is 9.04. The van der Waals surface area contributed by atoms with Crippen molar-refractivity contribution in [1.29, 1.82) is 0 Å². The molecule has 2 rings (SSSR count). The number of esters is 2. The predicted molar refractivity (Wildman–Crippen MR) is 95.1 cm³/mol. The van der Waals surface area contributed by atoms with E-state index in [4.69, 9.17) is 4.74 Å². The summed E-state index contributed by atoms with van der Waals surface area (Å²) in [6.45, 7) is 5.26. The Labute approximate surface area is 151 Å². The summed E-state index contributed by atoms with van der Waals surface area (Å²) in [6.07, 6.45) is 1.46. The van der Waals surface area contributed by atoms with Gasteiger partial charge in [0.15, 0.2) is 0 Å². The van der Waals surface area contributed by atoms with E-state index in [-0.39, 0.29) is 11.4 Å². The van der Waals surface area contributed by atoms with Gasteiger partial charge in [0.1, 0.15) is 17.0 Å². The Morgan fingerprint density at radius 2 is 1.58 bits per heavy atom. The number of nitrogens with zero attached hydrogens (tertiary/aromatic N) is 1. The van der Waals surface area contributed by atoms with Crippen molar-refractivity contribution in [2.45, 2.75) is 26.4 Å². The molecule has 1 amide bonds. The standard InChI is InChI=1S/C19H20N2O5/c1-19(2,3)26-18(24)14-6-5-11-20-15(14)21-16(22)12-7-9-13(10-8-12)17(23)25-4/h5-11H,1-4H3,(H,20,21,22). The molecule has 0 aliphatic rings. The fraction of sp³-hybridized carbons (Fsp3) is 0.263. The number of hydrogen-bond acceptors (Lipinski definition) is 6. The largest absolute Gasteiger partial charge is 0.465 e. The lowest BCUT2D eigenvalue weighted by Gasteiger charge is -2.20. The highest BCUT2D eigenvalue weighted by Gasteiger charge is 2.22. The first-order valence-corrected chi connectivity index (χ1v) is 7.89. The maximum absolute atomic E-state index is 12.4. The van der Waals surface area contributed by atoms with Crippen molar-refractivity contribution in [2.75, 3.05) is 12.4 Å². The minimum Gasteiger partial charge on any atom is -0.465 e. The van der Waals surface area contributed by atoms with E-state index in [9.17, 15) is 14.4 Å². The number of anilines is 1. The zero-order valence-electron chi connectivity index (χ0n) is 15.0. The second-order valence-electron chi connectivity index (χ2n) is 6.42. The van der Waals surface area contributed by atoms with Gasteiger partial charge in [0.05, 0.1) is 12.7 Å². The molecule has 0 aliphatic carbocycles.